The van der Waals surface area contributed by atoms with Crippen LogP contribution < -0.4 is 16.0 Å². The second kappa shape index (κ2) is 9.04. The molecule has 0 bridgehead atoms. The number of halogens is 1. The van der Waals surface area contributed by atoms with Gasteiger partial charge in [0.2, 0.25) is 11.8 Å². The van der Waals surface area contributed by atoms with Crippen molar-refractivity contribution in [2.45, 2.75) is 38.5 Å². The van der Waals surface area contributed by atoms with Gasteiger partial charge in [-0.1, -0.05) is 12.1 Å². The van der Waals surface area contributed by atoms with Crippen molar-refractivity contribution in [3.8, 4) is 0 Å². The molecule has 24 heavy (non-hydrogen) atoms. The minimum absolute atomic E-state index is 0. The molecule has 0 saturated carbocycles. The fourth-order valence-corrected chi connectivity index (χ4v) is 3.36. The molecule has 0 radical (unpaired) electrons. The van der Waals surface area contributed by atoms with E-state index in [0.29, 0.717) is 12.8 Å². The van der Waals surface area contributed by atoms with E-state index < -0.39 is 0 Å². The number of carbonyl (C=O) groups is 2. The summed E-state index contributed by atoms with van der Waals surface area (Å²) in [6.45, 7) is 2.99. The minimum Gasteiger partial charge on any atom is -0.356 e. The Kier molecular flexibility index (Phi) is 7.06. The van der Waals surface area contributed by atoms with Gasteiger partial charge < -0.3 is 16.0 Å². The molecule has 3 N–H and O–H groups in total. The van der Waals surface area contributed by atoms with E-state index in [1.165, 1.54) is 12.0 Å². The lowest BCUT2D eigenvalue weighted by atomic mass is 10.0. The van der Waals surface area contributed by atoms with Crippen LogP contribution in [0.1, 0.15) is 36.8 Å². The van der Waals surface area contributed by atoms with Gasteiger partial charge in [0.15, 0.2) is 0 Å². The second-order valence-electron chi connectivity index (χ2n) is 6.57. The van der Waals surface area contributed by atoms with Crippen molar-refractivity contribution in [2.75, 3.05) is 25.0 Å². The van der Waals surface area contributed by atoms with Crippen molar-refractivity contribution in [2.24, 2.45) is 5.92 Å². The van der Waals surface area contributed by atoms with Gasteiger partial charge in [-0.25, -0.2) is 0 Å². The summed E-state index contributed by atoms with van der Waals surface area (Å²) in [6.07, 6.45) is 5.06. The topological polar surface area (TPSA) is 70.2 Å². The number of hydrogen-bond acceptors (Lipinski definition) is 3. The third-order valence-electron chi connectivity index (χ3n) is 4.70. The molecule has 132 valence electrons. The highest BCUT2D eigenvalue weighted by Crippen LogP contribution is 2.24. The summed E-state index contributed by atoms with van der Waals surface area (Å²) < 4.78 is 0. The number of aryl methyl sites for hydroxylation is 1. The highest BCUT2D eigenvalue weighted by molar-refractivity contribution is 5.99. The van der Waals surface area contributed by atoms with Crippen LogP contribution in [0.2, 0.25) is 0 Å². The Balaban J connectivity index is 0.00000208. The lowest BCUT2D eigenvalue weighted by Crippen LogP contribution is -2.26. The molecule has 1 fully saturated rings. The van der Waals surface area contributed by atoms with E-state index in [1.807, 2.05) is 12.1 Å². The predicted octanol–water partition coefficient (Wildman–Crippen LogP) is 2.04. The van der Waals surface area contributed by atoms with Gasteiger partial charge in [-0.2, -0.15) is 0 Å². The monoisotopic (exact) mass is 351 g/mol. The number of rotatable bonds is 7. The van der Waals surface area contributed by atoms with Crippen molar-refractivity contribution in [1.82, 2.24) is 10.6 Å². The zero-order valence-corrected chi connectivity index (χ0v) is 14.7. The van der Waals surface area contributed by atoms with Gasteiger partial charge in [0.05, 0.1) is 6.42 Å². The Hall–Kier alpha value is -1.59. The van der Waals surface area contributed by atoms with Gasteiger partial charge in [-0.3, -0.25) is 9.59 Å². The van der Waals surface area contributed by atoms with Crippen LogP contribution in [0.5, 0.6) is 0 Å². The van der Waals surface area contributed by atoms with Gasteiger partial charge in [-0.15, -0.1) is 12.4 Å². The Morgan fingerprint density at radius 3 is 3.00 bits per heavy atom. The Morgan fingerprint density at radius 2 is 2.21 bits per heavy atom. The lowest BCUT2D eigenvalue weighted by molar-refractivity contribution is -0.121. The van der Waals surface area contributed by atoms with Crippen LogP contribution in [0.4, 0.5) is 5.69 Å². The number of hydrogen-bond donors (Lipinski definition) is 3. The fourth-order valence-electron chi connectivity index (χ4n) is 3.36. The van der Waals surface area contributed by atoms with Gasteiger partial charge >= 0.3 is 0 Å². The number of nitrogens with one attached hydrogen (secondary N) is 3. The zero-order valence-electron chi connectivity index (χ0n) is 13.9. The van der Waals surface area contributed by atoms with Crippen LogP contribution in [0.3, 0.4) is 0 Å². The SMILES string of the molecule is Cl.O=C(CCCc1ccc2c(c1)CC(=O)N2)NCCC1CCNC1. The summed E-state index contributed by atoms with van der Waals surface area (Å²) >= 11 is 0. The summed E-state index contributed by atoms with van der Waals surface area (Å²) in [5.74, 6) is 0.931. The normalized spacial score (nSPS) is 18.7. The third kappa shape index (κ3) is 5.21. The Morgan fingerprint density at radius 1 is 1.33 bits per heavy atom. The van der Waals surface area contributed by atoms with Crippen molar-refractivity contribution in [1.29, 1.82) is 0 Å². The number of anilines is 1. The number of benzene rings is 1. The first-order valence-electron chi connectivity index (χ1n) is 8.60. The molecule has 0 aliphatic carbocycles. The molecule has 1 atom stereocenters. The van der Waals surface area contributed by atoms with Gasteiger partial charge in [0.25, 0.3) is 0 Å². The maximum atomic E-state index is 11.9. The summed E-state index contributed by atoms with van der Waals surface area (Å²) in [7, 11) is 0. The molecular weight excluding hydrogens is 326 g/mol. The Labute approximate surface area is 149 Å². The standard InChI is InChI=1S/C18H25N3O2.ClH/c22-17(20-9-7-14-6-8-19-12-14)3-1-2-13-4-5-16-15(10-13)11-18(23)21-16;/h4-5,10,14,19H,1-3,6-9,11-12H2,(H,20,22)(H,21,23);1H. The average Bonchev–Trinajstić information content (AvgIpc) is 3.15. The first-order valence-corrected chi connectivity index (χ1v) is 8.60. The highest BCUT2D eigenvalue weighted by Gasteiger charge is 2.17. The molecule has 1 saturated heterocycles. The molecule has 0 aromatic heterocycles. The highest BCUT2D eigenvalue weighted by atomic mass is 35.5. The first kappa shape index (κ1) is 18.7. The third-order valence-corrected chi connectivity index (χ3v) is 4.70. The fraction of sp³-hybridized carbons (Fsp3) is 0.556. The lowest BCUT2D eigenvalue weighted by Gasteiger charge is -2.09. The molecule has 2 aliphatic heterocycles. The van der Waals surface area contributed by atoms with Gasteiger partial charge in [0.1, 0.15) is 0 Å². The molecule has 0 spiro atoms. The molecular formula is C18H26ClN3O2. The zero-order chi connectivity index (χ0) is 16.1. The van der Waals surface area contributed by atoms with E-state index in [0.717, 1.165) is 56.1 Å². The van der Waals surface area contributed by atoms with E-state index in [9.17, 15) is 9.59 Å². The maximum Gasteiger partial charge on any atom is 0.228 e. The van der Waals surface area contributed by atoms with Crippen molar-refractivity contribution in [3.63, 3.8) is 0 Å². The quantitative estimate of drug-likeness (QED) is 0.704. The summed E-state index contributed by atoms with van der Waals surface area (Å²) in [5, 5.41) is 9.20. The van der Waals surface area contributed by atoms with Gasteiger partial charge in [-0.05, 0) is 61.9 Å². The van der Waals surface area contributed by atoms with Crippen molar-refractivity contribution in [3.05, 3.63) is 29.3 Å². The van der Waals surface area contributed by atoms with Crippen LogP contribution in [-0.2, 0) is 22.4 Å². The van der Waals surface area contributed by atoms with Crippen LogP contribution in [-0.4, -0.2) is 31.4 Å². The molecule has 1 unspecified atom stereocenters. The summed E-state index contributed by atoms with van der Waals surface area (Å²) in [4.78, 5) is 23.2. The van der Waals surface area contributed by atoms with Crippen LogP contribution >= 0.6 is 12.4 Å². The summed E-state index contributed by atoms with van der Waals surface area (Å²) in [5.41, 5.74) is 3.20. The maximum absolute atomic E-state index is 11.9. The van der Waals surface area contributed by atoms with E-state index in [1.54, 1.807) is 0 Å². The van der Waals surface area contributed by atoms with E-state index >= 15 is 0 Å². The second-order valence-corrected chi connectivity index (χ2v) is 6.57. The minimum atomic E-state index is 0. The molecule has 3 rings (SSSR count). The van der Waals surface area contributed by atoms with Crippen LogP contribution in [0, 0.1) is 5.92 Å². The first-order chi connectivity index (χ1) is 11.2. The molecule has 5 nitrogen and oxygen atoms in total. The van der Waals surface area contributed by atoms with Crippen LogP contribution in [0.25, 0.3) is 0 Å². The number of carbonyl (C=O) groups excluding carboxylic acids is 2. The van der Waals surface area contributed by atoms with Gasteiger partial charge in [0, 0.05) is 18.7 Å². The number of fused-ring (bicyclic) bond motifs is 1. The van der Waals surface area contributed by atoms with E-state index in [2.05, 4.69) is 22.0 Å². The molecule has 6 heteroatoms. The molecule has 2 heterocycles. The average molecular weight is 352 g/mol. The summed E-state index contributed by atoms with van der Waals surface area (Å²) in [6, 6.07) is 6.08. The predicted molar refractivity (Wildman–Crippen MR) is 97.6 cm³/mol. The molecule has 2 amide bonds. The van der Waals surface area contributed by atoms with Crippen molar-refractivity contribution >= 4 is 29.9 Å². The van der Waals surface area contributed by atoms with E-state index in [4.69, 9.17) is 0 Å². The molecule has 2 aliphatic rings. The van der Waals surface area contributed by atoms with E-state index in [-0.39, 0.29) is 24.2 Å². The molecule has 1 aromatic rings. The smallest absolute Gasteiger partial charge is 0.228 e. The van der Waals surface area contributed by atoms with Crippen molar-refractivity contribution < 1.29 is 9.59 Å². The molecule has 1 aromatic carbocycles. The van der Waals surface area contributed by atoms with Crippen LogP contribution in [0.15, 0.2) is 18.2 Å². The largest absolute Gasteiger partial charge is 0.356 e. The number of amides is 2. The Bertz CT molecular complexity index is 586.